The van der Waals surface area contributed by atoms with E-state index in [-0.39, 0.29) is 11.9 Å². The number of benzene rings is 2. The van der Waals surface area contributed by atoms with Gasteiger partial charge in [-0.3, -0.25) is 4.79 Å². The number of hydrogen-bond acceptors (Lipinski definition) is 4. The van der Waals surface area contributed by atoms with Crippen molar-refractivity contribution in [2.45, 2.75) is 18.9 Å². The van der Waals surface area contributed by atoms with Crippen molar-refractivity contribution in [3.63, 3.8) is 0 Å². The Morgan fingerprint density at radius 2 is 1.88 bits per heavy atom. The number of carbonyl (C=O) groups is 1. The van der Waals surface area contributed by atoms with Crippen LogP contribution in [-0.4, -0.2) is 40.9 Å². The highest BCUT2D eigenvalue weighted by Gasteiger charge is 2.35. The predicted molar refractivity (Wildman–Crippen MR) is 105 cm³/mol. The highest BCUT2D eigenvalue weighted by atomic mass is 32.1. The zero-order valence-electron chi connectivity index (χ0n) is 14.5. The lowest BCUT2D eigenvalue weighted by Crippen LogP contribution is -2.57. The van der Waals surface area contributed by atoms with Crippen molar-refractivity contribution < 1.29 is 4.79 Å². The molecule has 1 N–H and O–H groups in total. The third kappa shape index (κ3) is 2.81. The van der Waals surface area contributed by atoms with Gasteiger partial charge in [-0.25, -0.2) is 0 Å². The first-order valence-electron chi connectivity index (χ1n) is 9.26. The highest BCUT2D eigenvalue weighted by Crippen LogP contribution is 2.30. The number of rotatable bonds is 3. The van der Waals surface area contributed by atoms with E-state index < -0.39 is 0 Å². The van der Waals surface area contributed by atoms with E-state index in [0.717, 1.165) is 22.2 Å². The van der Waals surface area contributed by atoms with E-state index in [4.69, 9.17) is 0 Å². The van der Waals surface area contributed by atoms with Gasteiger partial charge in [-0.1, -0.05) is 42.5 Å². The van der Waals surface area contributed by atoms with Crippen molar-refractivity contribution >= 4 is 27.5 Å². The first-order chi connectivity index (χ1) is 12.8. The molecule has 3 fully saturated rings. The Morgan fingerprint density at radius 1 is 1.08 bits per heavy atom. The van der Waals surface area contributed by atoms with Gasteiger partial charge in [-0.15, -0.1) is 0 Å². The van der Waals surface area contributed by atoms with Crippen LogP contribution in [0.4, 0.5) is 0 Å². The fraction of sp³-hybridized carbons (Fsp3) is 0.333. The monoisotopic (exact) mass is 363 g/mol. The molecule has 4 heterocycles. The average Bonchev–Trinajstić information content (AvgIpc) is 3.13. The van der Waals surface area contributed by atoms with Crippen LogP contribution in [0, 0.1) is 5.92 Å². The van der Waals surface area contributed by atoms with E-state index in [1.54, 1.807) is 0 Å². The molecule has 0 aliphatic carbocycles. The van der Waals surface area contributed by atoms with Gasteiger partial charge in [0.1, 0.15) is 5.69 Å². The van der Waals surface area contributed by atoms with Crippen LogP contribution < -0.4 is 5.32 Å². The summed E-state index contributed by atoms with van der Waals surface area (Å²) < 4.78 is 5.53. The fourth-order valence-corrected chi connectivity index (χ4v) is 5.09. The van der Waals surface area contributed by atoms with E-state index >= 15 is 0 Å². The van der Waals surface area contributed by atoms with Gasteiger partial charge in [-0.2, -0.15) is 4.37 Å². The van der Waals surface area contributed by atoms with Crippen molar-refractivity contribution in [2.75, 3.05) is 19.6 Å². The number of hydrogen-bond donors (Lipinski definition) is 1. The molecule has 3 aliphatic heterocycles. The maximum atomic E-state index is 12.8. The number of nitrogens with zero attached hydrogens (tertiary/aromatic N) is 2. The van der Waals surface area contributed by atoms with E-state index in [9.17, 15) is 4.79 Å². The molecule has 3 aromatic rings. The molecule has 0 spiro atoms. The van der Waals surface area contributed by atoms with E-state index in [1.807, 2.05) is 24.3 Å². The summed E-state index contributed by atoms with van der Waals surface area (Å²) in [5, 5.41) is 4.21. The maximum Gasteiger partial charge on any atom is 0.271 e. The summed E-state index contributed by atoms with van der Waals surface area (Å²) in [6.07, 6.45) is 2.40. The highest BCUT2D eigenvalue weighted by molar-refractivity contribution is 7.13. The van der Waals surface area contributed by atoms with E-state index in [2.05, 4.69) is 38.9 Å². The lowest BCUT2D eigenvalue weighted by molar-refractivity contribution is 0.0619. The summed E-state index contributed by atoms with van der Waals surface area (Å²) in [5.74, 6) is 0.598. The second-order valence-corrected chi connectivity index (χ2v) is 8.13. The average molecular weight is 363 g/mol. The number of nitrogens with one attached hydrogen (secondary N) is 1. The van der Waals surface area contributed by atoms with Crippen LogP contribution in [0.15, 0.2) is 48.5 Å². The first kappa shape index (κ1) is 16.0. The molecule has 26 heavy (non-hydrogen) atoms. The minimum atomic E-state index is -0.0255. The third-order valence-electron chi connectivity index (χ3n) is 5.77. The van der Waals surface area contributed by atoms with Crippen LogP contribution >= 0.6 is 11.5 Å². The smallest absolute Gasteiger partial charge is 0.271 e. The first-order valence-corrected chi connectivity index (χ1v) is 10.0. The molecule has 6 rings (SSSR count). The van der Waals surface area contributed by atoms with Crippen molar-refractivity contribution in [3.8, 4) is 11.1 Å². The zero-order valence-corrected chi connectivity index (χ0v) is 15.3. The number of fused-ring (bicyclic) bond motifs is 4. The van der Waals surface area contributed by atoms with Crippen LogP contribution in [0.5, 0.6) is 0 Å². The topological polar surface area (TPSA) is 45.2 Å². The normalized spacial score (nSPS) is 24.7. The Bertz CT molecular complexity index is 944. The van der Waals surface area contributed by atoms with Crippen molar-refractivity contribution in [3.05, 3.63) is 54.2 Å². The van der Waals surface area contributed by atoms with Crippen molar-refractivity contribution in [1.82, 2.24) is 14.6 Å². The van der Waals surface area contributed by atoms with Crippen LogP contribution in [0.1, 0.15) is 23.3 Å². The molecule has 2 aromatic carbocycles. The van der Waals surface area contributed by atoms with Crippen LogP contribution in [0.25, 0.3) is 21.2 Å². The molecule has 0 radical (unpaired) electrons. The molecule has 1 aromatic heterocycles. The molecule has 4 nitrogen and oxygen atoms in total. The Kier molecular flexibility index (Phi) is 3.98. The zero-order chi connectivity index (χ0) is 17.5. The SMILES string of the molecule is O=C(N[C@H]1CN2CCC1CC2)c1nsc2cc(-c3ccccc3)ccc12. The number of carbonyl (C=O) groups excluding carboxylic acids is 1. The standard InChI is InChI=1S/C21H21N3OS/c25-21(22-18-13-24-10-8-15(18)9-11-24)20-17-7-6-16(12-19(17)26-23-20)14-4-2-1-3-5-14/h1-7,12,15,18H,8-11,13H2,(H,22,25)/t18-/m0/s1. The van der Waals surface area contributed by atoms with Crippen molar-refractivity contribution in [2.24, 2.45) is 5.92 Å². The molecule has 0 saturated carbocycles. The van der Waals surface area contributed by atoms with Crippen LogP contribution in [-0.2, 0) is 0 Å². The minimum Gasteiger partial charge on any atom is -0.346 e. The third-order valence-corrected chi connectivity index (χ3v) is 6.58. The molecule has 3 saturated heterocycles. The number of amides is 1. The molecule has 5 heteroatoms. The Morgan fingerprint density at radius 3 is 2.62 bits per heavy atom. The summed E-state index contributed by atoms with van der Waals surface area (Å²) in [7, 11) is 0. The fourth-order valence-electron chi connectivity index (χ4n) is 4.28. The molecule has 1 amide bonds. The minimum absolute atomic E-state index is 0.0255. The van der Waals surface area contributed by atoms with Gasteiger partial charge in [0.25, 0.3) is 5.91 Å². The number of piperidine rings is 3. The number of aromatic nitrogens is 1. The molecule has 0 unspecified atom stereocenters. The molecule has 2 bridgehead atoms. The molecule has 3 aliphatic rings. The van der Waals surface area contributed by atoms with Gasteiger partial charge in [-0.05, 0) is 60.6 Å². The van der Waals surface area contributed by atoms with E-state index in [1.165, 1.54) is 43.0 Å². The maximum absolute atomic E-state index is 12.8. The Balaban J connectivity index is 1.40. The van der Waals surface area contributed by atoms with E-state index in [0.29, 0.717) is 11.6 Å². The van der Waals surface area contributed by atoms with Gasteiger partial charge < -0.3 is 10.2 Å². The molecular weight excluding hydrogens is 342 g/mol. The summed E-state index contributed by atoms with van der Waals surface area (Å²) in [5.41, 5.74) is 2.91. The van der Waals surface area contributed by atoms with Crippen LogP contribution in [0.3, 0.4) is 0 Å². The Hall–Kier alpha value is -2.24. The summed E-state index contributed by atoms with van der Waals surface area (Å²) in [6.45, 7) is 3.34. The van der Waals surface area contributed by atoms with Gasteiger partial charge in [0.15, 0.2) is 0 Å². The van der Waals surface area contributed by atoms with Gasteiger partial charge >= 0.3 is 0 Å². The molecule has 132 valence electrons. The molecular formula is C21H21N3OS. The predicted octanol–water partition coefficient (Wildman–Crippen LogP) is 3.79. The lowest BCUT2D eigenvalue weighted by atomic mass is 9.84. The second kappa shape index (κ2) is 6.49. The summed E-state index contributed by atoms with van der Waals surface area (Å²) in [6, 6.07) is 16.8. The van der Waals surface area contributed by atoms with Gasteiger partial charge in [0.2, 0.25) is 0 Å². The quantitative estimate of drug-likeness (QED) is 0.770. The van der Waals surface area contributed by atoms with Crippen molar-refractivity contribution in [1.29, 1.82) is 0 Å². The van der Waals surface area contributed by atoms with Crippen LogP contribution in [0.2, 0.25) is 0 Å². The van der Waals surface area contributed by atoms with Gasteiger partial charge in [0.05, 0.1) is 4.70 Å². The summed E-state index contributed by atoms with van der Waals surface area (Å²) >= 11 is 1.41. The molecule has 1 atom stereocenters. The Labute approximate surface area is 157 Å². The van der Waals surface area contributed by atoms with Gasteiger partial charge in [0, 0.05) is 18.0 Å². The largest absolute Gasteiger partial charge is 0.346 e. The lowest BCUT2D eigenvalue weighted by Gasteiger charge is -2.44. The second-order valence-electron chi connectivity index (χ2n) is 7.33. The summed E-state index contributed by atoms with van der Waals surface area (Å²) in [4.78, 5) is 15.3.